The first-order chi connectivity index (χ1) is 9.86. The molecular formula is C18H17NO. The van der Waals surface area contributed by atoms with E-state index in [0.29, 0.717) is 0 Å². The molecule has 1 aliphatic heterocycles. The molecule has 2 atom stereocenters. The molecule has 0 N–H and O–H groups in total. The molecule has 0 radical (unpaired) electrons. The largest absolute Gasteiger partial charge is 0.471 e. The highest BCUT2D eigenvalue weighted by molar-refractivity contribution is 5.97. The standard InChI is InChI=1S/C18H17NO/c1-2-12-7-3-6-10-15(12)18-19-17-14-9-5-4-8-13(14)11-16(17)20-18/h3-10,16-17H,2,11H2,1H3. The summed E-state index contributed by atoms with van der Waals surface area (Å²) < 4.78 is 6.15. The fraction of sp³-hybridized carbons (Fsp3) is 0.278. The van der Waals surface area contributed by atoms with E-state index in [-0.39, 0.29) is 12.1 Å². The second kappa shape index (κ2) is 4.48. The van der Waals surface area contributed by atoms with Crippen LogP contribution in [0.4, 0.5) is 0 Å². The van der Waals surface area contributed by atoms with Crippen LogP contribution in [-0.4, -0.2) is 12.0 Å². The smallest absolute Gasteiger partial charge is 0.217 e. The Bertz CT molecular complexity index is 689. The fourth-order valence-corrected chi connectivity index (χ4v) is 3.27. The fourth-order valence-electron chi connectivity index (χ4n) is 3.27. The minimum Gasteiger partial charge on any atom is -0.471 e. The summed E-state index contributed by atoms with van der Waals surface area (Å²) in [6.07, 6.45) is 2.17. The van der Waals surface area contributed by atoms with Gasteiger partial charge in [-0.15, -0.1) is 0 Å². The van der Waals surface area contributed by atoms with Crippen LogP contribution in [0.5, 0.6) is 0 Å². The van der Waals surface area contributed by atoms with Crippen LogP contribution in [0.2, 0.25) is 0 Å². The van der Waals surface area contributed by atoms with E-state index in [0.717, 1.165) is 24.3 Å². The Balaban J connectivity index is 1.74. The van der Waals surface area contributed by atoms with Crippen LogP contribution in [0.25, 0.3) is 0 Å². The molecule has 0 saturated carbocycles. The molecule has 1 heterocycles. The molecule has 2 aromatic rings. The number of rotatable bonds is 2. The lowest BCUT2D eigenvalue weighted by Gasteiger charge is -2.11. The van der Waals surface area contributed by atoms with E-state index in [1.54, 1.807) is 0 Å². The van der Waals surface area contributed by atoms with E-state index < -0.39 is 0 Å². The summed E-state index contributed by atoms with van der Waals surface area (Å²) in [6, 6.07) is 17.1. The van der Waals surface area contributed by atoms with E-state index in [1.165, 1.54) is 16.7 Å². The lowest BCUT2D eigenvalue weighted by atomic mass is 10.1. The maximum atomic E-state index is 6.15. The summed E-state index contributed by atoms with van der Waals surface area (Å²) in [5, 5.41) is 0. The molecule has 2 heteroatoms. The van der Waals surface area contributed by atoms with Crippen molar-refractivity contribution in [1.29, 1.82) is 0 Å². The van der Waals surface area contributed by atoms with Crippen molar-refractivity contribution in [3.63, 3.8) is 0 Å². The lowest BCUT2D eigenvalue weighted by molar-refractivity contribution is 0.206. The summed E-state index contributed by atoms with van der Waals surface area (Å²) >= 11 is 0. The van der Waals surface area contributed by atoms with Gasteiger partial charge in [-0.25, -0.2) is 4.99 Å². The second-order valence-electron chi connectivity index (χ2n) is 5.45. The van der Waals surface area contributed by atoms with E-state index in [4.69, 9.17) is 9.73 Å². The number of hydrogen-bond donors (Lipinski definition) is 0. The van der Waals surface area contributed by atoms with E-state index in [1.807, 2.05) is 0 Å². The van der Waals surface area contributed by atoms with Crippen LogP contribution < -0.4 is 0 Å². The summed E-state index contributed by atoms with van der Waals surface area (Å²) in [6.45, 7) is 2.17. The average molecular weight is 263 g/mol. The Morgan fingerprint density at radius 2 is 1.90 bits per heavy atom. The molecule has 0 saturated heterocycles. The van der Waals surface area contributed by atoms with Crippen LogP contribution in [0.3, 0.4) is 0 Å². The van der Waals surface area contributed by atoms with Crippen LogP contribution in [0, 0.1) is 0 Å². The van der Waals surface area contributed by atoms with Crippen LogP contribution in [-0.2, 0) is 17.6 Å². The highest BCUT2D eigenvalue weighted by Gasteiger charge is 2.39. The van der Waals surface area contributed by atoms with Gasteiger partial charge in [-0.05, 0) is 29.2 Å². The molecular weight excluding hydrogens is 246 g/mol. The average Bonchev–Trinajstić information content (AvgIpc) is 3.04. The first kappa shape index (κ1) is 11.7. The Hall–Kier alpha value is -2.09. The SMILES string of the molecule is CCc1ccccc1C1=NC2c3ccccc3CC2O1. The molecule has 1 aliphatic carbocycles. The van der Waals surface area contributed by atoms with Crippen LogP contribution in [0.1, 0.15) is 35.2 Å². The van der Waals surface area contributed by atoms with Crippen molar-refractivity contribution in [2.45, 2.75) is 31.9 Å². The molecule has 0 fully saturated rings. The Labute approximate surface area is 119 Å². The molecule has 2 unspecified atom stereocenters. The number of aryl methyl sites for hydroxylation is 1. The predicted molar refractivity (Wildman–Crippen MR) is 80.1 cm³/mol. The van der Waals surface area contributed by atoms with Crippen molar-refractivity contribution < 1.29 is 4.74 Å². The molecule has 0 aromatic heterocycles. The third kappa shape index (κ3) is 1.68. The van der Waals surface area contributed by atoms with Gasteiger partial charge in [0.05, 0.1) is 0 Å². The molecule has 2 aliphatic rings. The van der Waals surface area contributed by atoms with Gasteiger partial charge in [-0.2, -0.15) is 0 Å². The predicted octanol–water partition coefficient (Wildman–Crippen LogP) is 3.69. The summed E-state index contributed by atoms with van der Waals surface area (Å²) in [5.74, 6) is 0.826. The van der Waals surface area contributed by atoms with Gasteiger partial charge in [0.1, 0.15) is 12.1 Å². The Morgan fingerprint density at radius 3 is 2.80 bits per heavy atom. The molecule has 0 spiro atoms. The molecule has 100 valence electrons. The maximum Gasteiger partial charge on any atom is 0.217 e. The maximum absolute atomic E-state index is 6.15. The Morgan fingerprint density at radius 1 is 1.10 bits per heavy atom. The summed E-state index contributed by atoms with van der Waals surface area (Å²) in [4.78, 5) is 4.86. The zero-order chi connectivity index (χ0) is 13.5. The van der Waals surface area contributed by atoms with Gasteiger partial charge in [0.15, 0.2) is 0 Å². The number of aliphatic imine (C=N–C) groups is 1. The highest BCUT2D eigenvalue weighted by Crippen LogP contribution is 2.40. The van der Waals surface area contributed by atoms with Gasteiger partial charge in [0.25, 0.3) is 0 Å². The summed E-state index contributed by atoms with van der Waals surface area (Å²) in [7, 11) is 0. The zero-order valence-electron chi connectivity index (χ0n) is 11.5. The van der Waals surface area contributed by atoms with Crippen molar-refractivity contribution >= 4 is 5.90 Å². The van der Waals surface area contributed by atoms with E-state index >= 15 is 0 Å². The van der Waals surface area contributed by atoms with E-state index in [2.05, 4.69) is 55.5 Å². The molecule has 4 rings (SSSR count). The third-order valence-electron chi connectivity index (χ3n) is 4.30. The number of hydrogen-bond acceptors (Lipinski definition) is 2. The quantitative estimate of drug-likeness (QED) is 0.809. The van der Waals surface area contributed by atoms with Crippen molar-refractivity contribution in [2.24, 2.45) is 4.99 Å². The van der Waals surface area contributed by atoms with Crippen molar-refractivity contribution in [3.8, 4) is 0 Å². The number of benzene rings is 2. The van der Waals surface area contributed by atoms with Gasteiger partial charge in [-0.3, -0.25) is 0 Å². The normalized spacial score (nSPS) is 22.9. The zero-order valence-corrected chi connectivity index (χ0v) is 11.5. The van der Waals surface area contributed by atoms with Crippen LogP contribution in [0.15, 0.2) is 53.5 Å². The second-order valence-corrected chi connectivity index (χ2v) is 5.45. The van der Waals surface area contributed by atoms with Crippen molar-refractivity contribution in [1.82, 2.24) is 0 Å². The van der Waals surface area contributed by atoms with Gasteiger partial charge >= 0.3 is 0 Å². The first-order valence-electron chi connectivity index (χ1n) is 7.27. The first-order valence-corrected chi connectivity index (χ1v) is 7.27. The van der Waals surface area contributed by atoms with Crippen molar-refractivity contribution in [2.75, 3.05) is 0 Å². The molecule has 0 bridgehead atoms. The Kier molecular flexibility index (Phi) is 2.62. The topological polar surface area (TPSA) is 21.6 Å². The van der Waals surface area contributed by atoms with Gasteiger partial charge < -0.3 is 4.74 Å². The monoisotopic (exact) mass is 263 g/mol. The van der Waals surface area contributed by atoms with Gasteiger partial charge in [-0.1, -0.05) is 49.4 Å². The lowest BCUT2D eigenvalue weighted by Crippen LogP contribution is -2.14. The third-order valence-corrected chi connectivity index (χ3v) is 4.30. The number of fused-ring (bicyclic) bond motifs is 3. The number of nitrogens with zero attached hydrogens (tertiary/aromatic N) is 1. The van der Waals surface area contributed by atoms with E-state index in [9.17, 15) is 0 Å². The molecule has 2 aromatic carbocycles. The van der Waals surface area contributed by atoms with Gasteiger partial charge in [0.2, 0.25) is 5.90 Å². The van der Waals surface area contributed by atoms with Crippen LogP contribution >= 0.6 is 0 Å². The number of ether oxygens (including phenoxy) is 1. The minimum atomic E-state index is 0.186. The molecule has 2 nitrogen and oxygen atoms in total. The van der Waals surface area contributed by atoms with Crippen molar-refractivity contribution in [3.05, 3.63) is 70.8 Å². The summed E-state index contributed by atoms with van der Waals surface area (Å²) in [5.41, 5.74) is 5.18. The molecule has 20 heavy (non-hydrogen) atoms. The molecule has 0 amide bonds. The minimum absolute atomic E-state index is 0.186. The van der Waals surface area contributed by atoms with Gasteiger partial charge in [0, 0.05) is 12.0 Å². The highest BCUT2D eigenvalue weighted by atomic mass is 16.5.